The fourth-order valence-electron chi connectivity index (χ4n) is 1.96. The van der Waals surface area contributed by atoms with E-state index in [2.05, 4.69) is 19.1 Å². The highest BCUT2D eigenvalue weighted by molar-refractivity contribution is 5.74. The van der Waals surface area contributed by atoms with E-state index in [1.54, 1.807) is 0 Å². The Bertz CT molecular complexity index is 353. The average Bonchev–Trinajstić information content (AvgIpc) is 2.61. The van der Waals surface area contributed by atoms with Gasteiger partial charge >= 0.3 is 5.97 Å². The lowest BCUT2D eigenvalue weighted by atomic mass is 9.98. The molecule has 15 heavy (non-hydrogen) atoms. The average molecular weight is 204 g/mol. The number of carbonyl (C=O) groups excluding carboxylic acids is 1. The molecule has 1 saturated heterocycles. The highest BCUT2D eigenvalue weighted by atomic mass is 16.5. The van der Waals surface area contributed by atoms with Crippen LogP contribution in [-0.4, -0.2) is 5.97 Å². The predicted octanol–water partition coefficient (Wildman–Crippen LogP) is 3.01. The molecule has 0 saturated carbocycles. The van der Waals surface area contributed by atoms with Crippen LogP contribution in [0, 0.1) is 12.8 Å². The zero-order valence-corrected chi connectivity index (χ0v) is 9.19. The van der Waals surface area contributed by atoms with Crippen LogP contribution < -0.4 is 0 Å². The Morgan fingerprint density at radius 1 is 1.33 bits per heavy atom. The molecule has 1 aromatic rings. The fraction of sp³-hybridized carbons (Fsp3) is 0.462. The fourth-order valence-corrected chi connectivity index (χ4v) is 1.96. The van der Waals surface area contributed by atoms with E-state index in [-0.39, 0.29) is 18.0 Å². The van der Waals surface area contributed by atoms with Crippen molar-refractivity contribution in [1.82, 2.24) is 0 Å². The summed E-state index contributed by atoms with van der Waals surface area (Å²) < 4.78 is 5.35. The molecule has 1 aliphatic rings. The molecular formula is C13H16O2. The van der Waals surface area contributed by atoms with Crippen LogP contribution in [0.15, 0.2) is 24.3 Å². The standard InChI is InChI=1S/C13H16O2/c1-3-10-8-12(15-13(10)14)11-6-4-9(2)5-7-11/h4-7,10,12H,3,8H2,1-2H3. The first-order valence-corrected chi connectivity index (χ1v) is 5.47. The van der Waals surface area contributed by atoms with Gasteiger partial charge in [0.25, 0.3) is 0 Å². The summed E-state index contributed by atoms with van der Waals surface area (Å²) in [6, 6.07) is 8.21. The Hall–Kier alpha value is -1.31. The van der Waals surface area contributed by atoms with E-state index in [0.29, 0.717) is 0 Å². The smallest absolute Gasteiger partial charge is 0.309 e. The Morgan fingerprint density at radius 3 is 2.53 bits per heavy atom. The lowest BCUT2D eigenvalue weighted by Crippen LogP contribution is -2.04. The molecule has 1 heterocycles. The monoisotopic (exact) mass is 204 g/mol. The van der Waals surface area contributed by atoms with Crippen LogP contribution in [0.25, 0.3) is 0 Å². The zero-order valence-electron chi connectivity index (χ0n) is 9.19. The predicted molar refractivity (Wildman–Crippen MR) is 58.4 cm³/mol. The van der Waals surface area contributed by atoms with Crippen LogP contribution in [0.4, 0.5) is 0 Å². The topological polar surface area (TPSA) is 26.3 Å². The number of hydrogen-bond acceptors (Lipinski definition) is 2. The number of ether oxygens (including phenoxy) is 1. The summed E-state index contributed by atoms with van der Waals surface area (Å²) >= 11 is 0. The van der Waals surface area contributed by atoms with Crippen molar-refractivity contribution in [2.45, 2.75) is 32.8 Å². The number of hydrogen-bond donors (Lipinski definition) is 0. The van der Waals surface area contributed by atoms with Gasteiger partial charge in [-0.25, -0.2) is 0 Å². The minimum Gasteiger partial charge on any atom is -0.457 e. The summed E-state index contributed by atoms with van der Waals surface area (Å²) in [5.74, 6) is 0.0550. The van der Waals surface area contributed by atoms with E-state index in [9.17, 15) is 4.79 Å². The van der Waals surface area contributed by atoms with E-state index in [1.807, 2.05) is 19.1 Å². The first-order valence-electron chi connectivity index (χ1n) is 5.47. The second-order valence-electron chi connectivity index (χ2n) is 4.18. The number of aryl methyl sites for hydroxylation is 1. The summed E-state index contributed by atoms with van der Waals surface area (Å²) in [6.07, 6.45) is 1.68. The van der Waals surface area contributed by atoms with Gasteiger partial charge in [0.15, 0.2) is 0 Å². The second-order valence-corrected chi connectivity index (χ2v) is 4.18. The van der Waals surface area contributed by atoms with E-state index in [4.69, 9.17) is 4.74 Å². The van der Waals surface area contributed by atoms with Crippen molar-refractivity contribution in [3.8, 4) is 0 Å². The Labute approximate surface area is 90.3 Å². The van der Waals surface area contributed by atoms with E-state index < -0.39 is 0 Å². The molecule has 0 bridgehead atoms. The molecule has 0 spiro atoms. The molecule has 0 aliphatic carbocycles. The molecule has 2 nitrogen and oxygen atoms in total. The Kier molecular flexibility index (Phi) is 2.76. The van der Waals surface area contributed by atoms with Crippen LogP contribution in [-0.2, 0) is 9.53 Å². The second kappa shape index (κ2) is 4.05. The molecule has 0 radical (unpaired) electrons. The van der Waals surface area contributed by atoms with Gasteiger partial charge < -0.3 is 4.74 Å². The minimum absolute atomic E-state index is 0.0250. The SMILES string of the molecule is CCC1CC(c2ccc(C)cc2)OC1=O. The lowest BCUT2D eigenvalue weighted by Gasteiger charge is -2.09. The van der Waals surface area contributed by atoms with E-state index in [1.165, 1.54) is 5.56 Å². The Morgan fingerprint density at radius 2 is 2.00 bits per heavy atom. The molecule has 2 rings (SSSR count). The van der Waals surface area contributed by atoms with E-state index in [0.717, 1.165) is 18.4 Å². The van der Waals surface area contributed by atoms with Gasteiger partial charge in [0.2, 0.25) is 0 Å². The maximum absolute atomic E-state index is 11.4. The van der Waals surface area contributed by atoms with Gasteiger partial charge in [-0.2, -0.15) is 0 Å². The molecule has 1 aromatic carbocycles. The van der Waals surface area contributed by atoms with Crippen LogP contribution in [0.1, 0.15) is 37.0 Å². The van der Waals surface area contributed by atoms with Crippen LogP contribution in [0.5, 0.6) is 0 Å². The number of rotatable bonds is 2. The first kappa shape index (κ1) is 10.2. The van der Waals surface area contributed by atoms with Gasteiger partial charge in [-0.05, 0) is 18.9 Å². The summed E-state index contributed by atoms with van der Waals surface area (Å²) in [6.45, 7) is 4.09. The maximum atomic E-state index is 11.4. The van der Waals surface area contributed by atoms with Crippen molar-refractivity contribution in [3.05, 3.63) is 35.4 Å². The summed E-state index contributed by atoms with van der Waals surface area (Å²) in [4.78, 5) is 11.4. The molecule has 2 heteroatoms. The van der Waals surface area contributed by atoms with Crippen LogP contribution in [0.2, 0.25) is 0 Å². The van der Waals surface area contributed by atoms with Crippen molar-refractivity contribution < 1.29 is 9.53 Å². The molecule has 80 valence electrons. The van der Waals surface area contributed by atoms with Gasteiger partial charge in [-0.15, -0.1) is 0 Å². The third-order valence-electron chi connectivity index (χ3n) is 3.03. The molecule has 0 aromatic heterocycles. The first-order chi connectivity index (χ1) is 7.20. The summed E-state index contributed by atoms with van der Waals surface area (Å²) in [7, 11) is 0. The van der Waals surface area contributed by atoms with Crippen molar-refractivity contribution in [1.29, 1.82) is 0 Å². The molecule has 1 aliphatic heterocycles. The van der Waals surface area contributed by atoms with Gasteiger partial charge in [0, 0.05) is 6.42 Å². The Balaban J connectivity index is 2.13. The summed E-state index contributed by atoms with van der Waals surface area (Å²) in [5, 5.41) is 0. The number of cyclic esters (lactones) is 1. The van der Waals surface area contributed by atoms with Crippen molar-refractivity contribution in [2.75, 3.05) is 0 Å². The number of benzene rings is 1. The van der Waals surface area contributed by atoms with Crippen LogP contribution >= 0.6 is 0 Å². The number of esters is 1. The largest absolute Gasteiger partial charge is 0.457 e. The van der Waals surface area contributed by atoms with Crippen molar-refractivity contribution >= 4 is 5.97 Å². The number of carbonyl (C=O) groups is 1. The van der Waals surface area contributed by atoms with Gasteiger partial charge in [-0.3, -0.25) is 4.79 Å². The highest BCUT2D eigenvalue weighted by Crippen LogP contribution is 2.34. The highest BCUT2D eigenvalue weighted by Gasteiger charge is 2.33. The van der Waals surface area contributed by atoms with Crippen molar-refractivity contribution in [2.24, 2.45) is 5.92 Å². The zero-order chi connectivity index (χ0) is 10.8. The van der Waals surface area contributed by atoms with E-state index >= 15 is 0 Å². The molecule has 0 N–H and O–H groups in total. The van der Waals surface area contributed by atoms with Gasteiger partial charge in [-0.1, -0.05) is 36.8 Å². The molecule has 0 amide bonds. The third kappa shape index (κ3) is 2.04. The molecule has 1 fully saturated rings. The molecular weight excluding hydrogens is 188 g/mol. The minimum atomic E-state index is -0.0388. The molecule has 2 unspecified atom stereocenters. The quantitative estimate of drug-likeness (QED) is 0.692. The normalized spacial score (nSPS) is 25.3. The molecule has 2 atom stereocenters. The summed E-state index contributed by atoms with van der Waals surface area (Å²) in [5.41, 5.74) is 2.35. The third-order valence-corrected chi connectivity index (χ3v) is 3.03. The van der Waals surface area contributed by atoms with Gasteiger partial charge in [0.05, 0.1) is 5.92 Å². The van der Waals surface area contributed by atoms with Crippen LogP contribution in [0.3, 0.4) is 0 Å². The maximum Gasteiger partial charge on any atom is 0.309 e. The van der Waals surface area contributed by atoms with Gasteiger partial charge in [0.1, 0.15) is 6.10 Å². The lowest BCUT2D eigenvalue weighted by molar-refractivity contribution is -0.144. The van der Waals surface area contributed by atoms with Crippen molar-refractivity contribution in [3.63, 3.8) is 0 Å².